The van der Waals surface area contributed by atoms with Crippen LogP contribution >= 0.6 is 15.9 Å². The highest BCUT2D eigenvalue weighted by atomic mass is 79.9. The fourth-order valence-electron chi connectivity index (χ4n) is 1.14. The van der Waals surface area contributed by atoms with Crippen LogP contribution in [-0.2, 0) is 6.42 Å². The fraction of sp³-hybridized carbons (Fsp3) is 0.300. The molecule has 0 aliphatic heterocycles. The molecule has 0 bridgehead atoms. The molecule has 0 aliphatic rings. The first-order valence-electron chi connectivity index (χ1n) is 4.15. The van der Waals surface area contributed by atoms with Crippen molar-refractivity contribution in [1.82, 2.24) is 0 Å². The van der Waals surface area contributed by atoms with E-state index >= 15 is 0 Å². The molecule has 2 N–H and O–H groups in total. The summed E-state index contributed by atoms with van der Waals surface area (Å²) in [5.74, 6) is 0.777. The number of halogens is 1. The molecule has 0 fully saturated rings. The topological polar surface area (TPSA) is 59.0 Å². The zero-order chi connectivity index (χ0) is 10.6. The van der Waals surface area contributed by atoms with Crippen molar-refractivity contribution < 1.29 is 4.74 Å². The summed E-state index contributed by atoms with van der Waals surface area (Å²) in [7, 11) is 1.61. The maximum absolute atomic E-state index is 8.55. The smallest absolute Gasteiger partial charge is 0.133 e. The van der Waals surface area contributed by atoms with Gasteiger partial charge in [0.1, 0.15) is 5.75 Å². The number of ether oxygens (including phenoxy) is 1. The molecule has 0 unspecified atom stereocenters. The van der Waals surface area contributed by atoms with Crippen LogP contribution in [0.4, 0.5) is 0 Å². The Morgan fingerprint density at radius 2 is 2.36 bits per heavy atom. The number of hydrogen-bond donors (Lipinski definition) is 1. The maximum atomic E-state index is 8.55. The van der Waals surface area contributed by atoms with Gasteiger partial charge in [0.2, 0.25) is 0 Å². The quantitative estimate of drug-likeness (QED) is 0.896. The normalized spacial score (nSPS) is 11.9. The summed E-state index contributed by atoms with van der Waals surface area (Å²) in [4.78, 5) is 0. The van der Waals surface area contributed by atoms with Gasteiger partial charge in [0, 0.05) is 6.42 Å². The number of nitriles is 1. The van der Waals surface area contributed by atoms with E-state index < -0.39 is 6.04 Å². The number of benzene rings is 1. The molecule has 1 aromatic carbocycles. The molecule has 1 atom stereocenters. The molecule has 3 nitrogen and oxygen atoms in total. The van der Waals surface area contributed by atoms with Crippen LogP contribution in [0.1, 0.15) is 5.56 Å². The minimum absolute atomic E-state index is 0.449. The van der Waals surface area contributed by atoms with Crippen molar-refractivity contribution in [3.63, 3.8) is 0 Å². The van der Waals surface area contributed by atoms with Crippen molar-refractivity contribution in [2.75, 3.05) is 7.11 Å². The molecule has 0 saturated heterocycles. The SMILES string of the molecule is COc1ccc(C[C@@H](N)C#N)cc1Br. The lowest BCUT2D eigenvalue weighted by molar-refractivity contribution is 0.412. The van der Waals surface area contributed by atoms with Crippen LogP contribution in [0.15, 0.2) is 22.7 Å². The van der Waals surface area contributed by atoms with E-state index in [2.05, 4.69) is 15.9 Å². The Labute approximate surface area is 91.6 Å². The fourth-order valence-corrected chi connectivity index (χ4v) is 1.72. The summed E-state index contributed by atoms with van der Waals surface area (Å²) in [5.41, 5.74) is 6.54. The van der Waals surface area contributed by atoms with Crippen molar-refractivity contribution in [3.05, 3.63) is 28.2 Å². The lowest BCUT2D eigenvalue weighted by Gasteiger charge is -2.06. The van der Waals surface area contributed by atoms with E-state index in [4.69, 9.17) is 15.7 Å². The number of rotatable bonds is 3. The minimum Gasteiger partial charge on any atom is -0.496 e. The second-order valence-electron chi connectivity index (χ2n) is 2.91. The van der Waals surface area contributed by atoms with Gasteiger partial charge in [0.05, 0.1) is 23.7 Å². The predicted molar refractivity (Wildman–Crippen MR) is 58.0 cm³/mol. The average Bonchev–Trinajstić information content (AvgIpc) is 2.18. The van der Waals surface area contributed by atoms with E-state index in [1.807, 2.05) is 24.3 Å². The highest BCUT2D eigenvalue weighted by molar-refractivity contribution is 9.10. The summed E-state index contributed by atoms with van der Waals surface area (Å²) in [6.45, 7) is 0. The third-order valence-electron chi connectivity index (χ3n) is 1.84. The summed E-state index contributed by atoms with van der Waals surface area (Å²) in [6.07, 6.45) is 0.555. The molecule has 0 aliphatic carbocycles. The Morgan fingerprint density at radius 1 is 1.64 bits per heavy atom. The average molecular weight is 255 g/mol. The minimum atomic E-state index is -0.449. The Morgan fingerprint density at radius 3 is 2.86 bits per heavy atom. The van der Waals surface area contributed by atoms with Crippen molar-refractivity contribution in [2.24, 2.45) is 5.73 Å². The van der Waals surface area contributed by atoms with E-state index in [1.165, 1.54) is 0 Å². The van der Waals surface area contributed by atoms with Crippen LogP contribution in [0.3, 0.4) is 0 Å². The van der Waals surface area contributed by atoms with Gasteiger partial charge in [-0.05, 0) is 33.6 Å². The first kappa shape index (κ1) is 11.0. The molecule has 74 valence electrons. The van der Waals surface area contributed by atoms with Crippen LogP contribution in [0, 0.1) is 11.3 Å². The monoisotopic (exact) mass is 254 g/mol. The molecule has 0 heterocycles. The molecule has 14 heavy (non-hydrogen) atoms. The van der Waals surface area contributed by atoms with Gasteiger partial charge in [-0.1, -0.05) is 6.07 Å². The Balaban J connectivity index is 2.82. The highest BCUT2D eigenvalue weighted by Gasteiger charge is 2.05. The van der Waals surface area contributed by atoms with Gasteiger partial charge in [-0.3, -0.25) is 0 Å². The van der Waals surface area contributed by atoms with Gasteiger partial charge in [-0.25, -0.2) is 0 Å². The molecular formula is C10H11BrN2O. The Kier molecular flexibility index (Phi) is 3.93. The van der Waals surface area contributed by atoms with Crippen LogP contribution in [-0.4, -0.2) is 13.2 Å². The molecule has 0 amide bonds. The van der Waals surface area contributed by atoms with Gasteiger partial charge in [-0.15, -0.1) is 0 Å². The van der Waals surface area contributed by atoms with Crippen molar-refractivity contribution in [3.8, 4) is 11.8 Å². The number of nitrogens with zero attached hydrogens (tertiary/aromatic N) is 1. The first-order valence-corrected chi connectivity index (χ1v) is 4.94. The van der Waals surface area contributed by atoms with Gasteiger partial charge in [0.15, 0.2) is 0 Å². The highest BCUT2D eigenvalue weighted by Crippen LogP contribution is 2.25. The van der Waals surface area contributed by atoms with E-state index in [0.29, 0.717) is 6.42 Å². The van der Waals surface area contributed by atoms with Crippen molar-refractivity contribution in [1.29, 1.82) is 5.26 Å². The molecule has 0 spiro atoms. The van der Waals surface area contributed by atoms with E-state index in [9.17, 15) is 0 Å². The molecule has 0 saturated carbocycles. The summed E-state index contributed by atoms with van der Waals surface area (Å²) < 4.78 is 5.97. The summed E-state index contributed by atoms with van der Waals surface area (Å²) in [5, 5.41) is 8.55. The van der Waals surface area contributed by atoms with Gasteiger partial charge in [0.25, 0.3) is 0 Å². The Hall–Kier alpha value is -1.05. The van der Waals surface area contributed by atoms with Crippen LogP contribution in [0.2, 0.25) is 0 Å². The van der Waals surface area contributed by atoms with Crippen LogP contribution < -0.4 is 10.5 Å². The predicted octanol–water partition coefficient (Wildman–Crippen LogP) is 1.85. The number of nitrogens with two attached hydrogens (primary N) is 1. The second kappa shape index (κ2) is 4.99. The third-order valence-corrected chi connectivity index (χ3v) is 2.46. The van der Waals surface area contributed by atoms with Gasteiger partial charge < -0.3 is 10.5 Å². The lowest BCUT2D eigenvalue weighted by Crippen LogP contribution is -2.19. The van der Waals surface area contributed by atoms with Gasteiger partial charge in [-0.2, -0.15) is 5.26 Å². The van der Waals surface area contributed by atoms with E-state index in [1.54, 1.807) is 7.11 Å². The van der Waals surface area contributed by atoms with Crippen molar-refractivity contribution in [2.45, 2.75) is 12.5 Å². The second-order valence-corrected chi connectivity index (χ2v) is 3.76. The maximum Gasteiger partial charge on any atom is 0.133 e. The standard InChI is InChI=1S/C10H11BrN2O/c1-14-10-3-2-7(5-9(10)11)4-8(13)6-12/h2-3,5,8H,4,13H2,1H3/t8-/m1/s1. The summed E-state index contributed by atoms with van der Waals surface area (Å²) >= 11 is 3.37. The number of hydrogen-bond acceptors (Lipinski definition) is 3. The summed E-state index contributed by atoms with van der Waals surface area (Å²) in [6, 6.07) is 7.21. The molecule has 0 aromatic heterocycles. The zero-order valence-corrected chi connectivity index (χ0v) is 9.41. The Bertz CT molecular complexity index is 360. The molecule has 1 rings (SSSR count). The molecule has 0 radical (unpaired) electrons. The van der Waals surface area contributed by atoms with Crippen LogP contribution in [0.25, 0.3) is 0 Å². The lowest BCUT2D eigenvalue weighted by atomic mass is 10.1. The van der Waals surface area contributed by atoms with E-state index in [0.717, 1.165) is 15.8 Å². The first-order chi connectivity index (χ1) is 6.67. The molecular weight excluding hydrogens is 244 g/mol. The third kappa shape index (κ3) is 2.72. The largest absolute Gasteiger partial charge is 0.496 e. The van der Waals surface area contributed by atoms with E-state index in [-0.39, 0.29) is 0 Å². The molecule has 4 heteroatoms. The van der Waals surface area contributed by atoms with Crippen LogP contribution in [0.5, 0.6) is 5.75 Å². The zero-order valence-electron chi connectivity index (χ0n) is 7.83. The number of methoxy groups -OCH3 is 1. The van der Waals surface area contributed by atoms with Crippen molar-refractivity contribution >= 4 is 15.9 Å². The van der Waals surface area contributed by atoms with Gasteiger partial charge >= 0.3 is 0 Å². The molecule has 1 aromatic rings.